The zero-order valence-electron chi connectivity index (χ0n) is 18.2. The Morgan fingerprint density at radius 1 is 1.19 bits per heavy atom. The lowest BCUT2D eigenvalue weighted by Gasteiger charge is -2.33. The predicted molar refractivity (Wildman–Crippen MR) is 128 cm³/mol. The van der Waals surface area contributed by atoms with Crippen LogP contribution in [0.15, 0.2) is 57.6 Å². The number of hydrogen-bond acceptors (Lipinski definition) is 4. The Kier molecular flexibility index (Phi) is 6.49. The van der Waals surface area contributed by atoms with E-state index in [0.717, 1.165) is 70.4 Å². The number of hydrogen-bond donors (Lipinski definition) is 0. The Morgan fingerprint density at radius 2 is 1.97 bits per heavy atom. The number of amides is 1. The number of rotatable bonds is 5. The van der Waals surface area contributed by atoms with Gasteiger partial charge in [-0.25, -0.2) is 0 Å². The van der Waals surface area contributed by atoms with Crippen molar-refractivity contribution in [3.8, 4) is 16.9 Å². The Hall–Kier alpha value is -2.57. The Labute approximate surface area is 191 Å². The molecule has 6 heteroatoms. The summed E-state index contributed by atoms with van der Waals surface area (Å²) in [6.07, 6.45) is 3.50. The zero-order chi connectivity index (χ0) is 22.0. The third-order valence-electron chi connectivity index (χ3n) is 5.93. The summed E-state index contributed by atoms with van der Waals surface area (Å²) in [5.41, 5.74) is 4.60. The standard InChI is InChI=1S/C25H27BrN2O3/c1-4-27-8-10-28(11-9-27)25(29)12-17(2)20-14-21-22(18-6-5-7-19(26)13-18)16-31-24(21)15-23(20)30-3/h5-7,12-16H,4,8-11H2,1-3H3/b17-12+. The molecule has 31 heavy (non-hydrogen) atoms. The molecular formula is C25H27BrN2O3. The third-order valence-corrected chi connectivity index (χ3v) is 6.42. The Morgan fingerprint density at radius 3 is 2.65 bits per heavy atom. The molecule has 1 fully saturated rings. The van der Waals surface area contributed by atoms with Gasteiger partial charge < -0.3 is 19.0 Å². The van der Waals surface area contributed by atoms with Gasteiger partial charge in [-0.15, -0.1) is 0 Å². The number of methoxy groups -OCH3 is 1. The highest BCUT2D eigenvalue weighted by atomic mass is 79.9. The van der Waals surface area contributed by atoms with Crippen LogP contribution in [-0.4, -0.2) is 55.5 Å². The first kappa shape index (κ1) is 21.7. The summed E-state index contributed by atoms with van der Waals surface area (Å²) in [5.74, 6) is 0.745. The topological polar surface area (TPSA) is 45.9 Å². The molecule has 1 aromatic heterocycles. The van der Waals surface area contributed by atoms with Crippen LogP contribution in [0.2, 0.25) is 0 Å². The van der Waals surface area contributed by atoms with Gasteiger partial charge >= 0.3 is 0 Å². The highest BCUT2D eigenvalue weighted by Crippen LogP contribution is 2.38. The molecule has 0 aliphatic carbocycles. The SMILES string of the molecule is CCN1CCN(C(=O)/C=C(\C)c2cc3c(-c4cccc(Br)c4)coc3cc2OC)CC1. The summed E-state index contributed by atoms with van der Waals surface area (Å²) in [6.45, 7) is 8.53. The third kappa shape index (κ3) is 4.55. The monoisotopic (exact) mass is 482 g/mol. The molecule has 1 aliphatic heterocycles. The van der Waals surface area contributed by atoms with Gasteiger partial charge in [0.2, 0.25) is 5.91 Å². The summed E-state index contributed by atoms with van der Waals surface area (Å²) >= 11 is 3.54. The minimum absolute atomic E-state index is 0.0508. The fourth-order valence-electron chi connectivity index (χ4n) is 4.05. The lowest BCUT2D eigenvalue weighted by molar-refractivity contribution is -0.127. The number of ether oxygens (including phenoxy) is 1. The molecule has 0 saturated carbocycles. The second-order valence-corrected chi connectivity index (χ2v) is 8.71. The molecule has 0 bridgehead atoms. The molecule has 3 aromatic rings. The summed E-state index contributed by atoms with van der Waals surface area (Å²) in [5, 5.41) is 0.991. The van der Waals surface area contributed by atoms with Crippen molar-refractivity contribution in [2.24, 2.45) is 0 Å². The molecule has 1 saturated heterocycles. The van der Waals surface area contributed by atoms with Crippen molar-refractivity contribution in [1.29, 1.82) is 0 Å². The molecule has 1 aliphatic rings. The van der Waals surface area contributed by atoms with Gasteiger partial charge in [-0.2, -0.15) is 0 Å². The molecule has 0 N–H and O–H groups in total. The van der Waals surface area contributed by atoms with Crippen molar-refractivity contribution in [3.05, 3.63) is 58.8 Å². The molecule has 4 rings (SSSR count). The van der Waals surface area contributed by atoms with E-state index in [4.69, 9.17) is 9.15 Å². The second-order valence-electron chi connectivity index (χ2n) is 7.80. The van der Waals surface area contributed by atoms with Gasteiger partial charge in [0.15, 0.2) is 0 Å². The van der Waals surface area contributed by atoms with Crippen LogP contribution in [0.1, 0.15) is 19.4 Å². The van der Waals surface area contributed by atoms with Crippen molar-refractivity contribution >= 4 is 38.4 Å². The zero-order valence-corrected chi connectivity index (χ0v) is 19.7. The van der Waals surface area contributed by atoms with E-state index in [1.165, 1.54) is 0 Å². The van der Waals surface area contributed by atoms with Crippen LogP contribution < -0.4 is 4.74 Å². The van der Waals surface area contributed by atoms with E-state index in [-0.39, 0.29) is 5.91 Å². The van der Waals surface area contributed by atoms with Crippen molar-refractivity contribution in [1.82, 2.24) is 9.80 Å². The van der Waals surface area contributed by atoms with Gasteiger partial charge in [0, 0.05) is 59.3 Å². The Bertz CT molecular complexity index is 1130. The summed E-state index contributed by atoms with van der Waals surface area (Å²) in [7, 11) is 1.64. The number of benzene rings is 2. The maximum Gasteiger partial charge on any atom is 0.246 e. The molecule has 0 unspecified atom stereocenters. The van der Waals surface area contributed by atoms with Gasteiger partial charge in [-0.1, -0.05) is 35.0 Å². The van der Waals surface area contributed by atoms with Gasteiger partial charge in [-0.05, 0) is 42.8 Å². The number of carbonyl (C=O) groups excluding carboxylic acids is 1. The average molecular weight is 483 g/mol. The molecule has 162 valence electrons. The summed E-state index contributed by atoms with van der Waals surface area (Å²) in [4.78, 5) is 17.2. The number of furan rings is 1. The fraction of sp³-hybridized carbons (Fsp3) is 0.320. The fourth-order valence-corrected chi connectivity index (χ4v) is 4.45. The second kappa shape index (κ2) is 9.28. The van der Waals surface area contributed by atoms with E-state index in [9.17, 15) is 4.79 Å². The number of halogens is 1. The van der Waals surface area contributed by atoms with Crippen LogP contribution in [0.4, 0.5) is 0 Å². The highest BCUT2D eigenvalue weighted by molar-refractivity contribution is 9.10. The molecule has 2 heterocycles. The largest absolute Gasteiger partial charge is 0.496 e. The number of allylic oxidation sites excluding steroid dienone is 1. The smallest absolute Gasteiger partial charge is 0.246 e. The number of fused-ring (bicyclic) bond motifs is 1. The predicted octanol–water partition coefficient (Wildman–Crippen LogP) is 5.44. The van der Waals surface area contributed by atoms with E-state index in [0.29, 0.717) is 5.75 Å². The molecule has 2 aromatic carbocycles. The van der Waals surface area contributed by atoms with Crippen LogP contribution in [0.5, 0.6) is 5.75 Å². The van der Waals surface area contributed by atoms with Crippen molar-refractivity contribution in [2.45, 2.75) is 13.8 Å². The van der Waals surface area contributed by atoms with Crippen molar-refractivity contribution in [2.75, 3.05) is 39.8 Å². The van der Waals surface area contributed by atoms with Crippen LogP contribution in [0.25, 0.3) is 27.7 Å². The highest BCUT2D eigenvalue weighted by Gasteiger charge is 2.20. The number of piperazine rings is 1. The summed E-state index contributed by atoms with van der Waals surface area (Å²) < 4.78 is 12.5. The van der Waals surface area contributed by atoms with Crippen LogP contribution in [0.3, 0.4) is 0 Å². The molecule has 1 amide bonds. The molecular weight excluding hydrogens is 456 g/mol. The molecule has 0 radical (unpaired) electrons. The first-order valence-corrected chi connectivity index (χ1v) is 11.3. The lowest BCUT2D eigenvalue weighted by Crippen LogP contribution is -2.48. The van der Waals surface area contributed by atoms with E-state index in [1.807, 2.05) is 30.0 Å². The van der Waals surface area contributed by atoms with E-state index in [1.54, 1.807) is 19.4 Å². The lowest BCUT2D eigenvalue weighted by atomic mass is 9.99. The van der Waals surface area contributed by atoms with E-state index < -0.39 is 0 Å². The molecule has 0 spiro atoms. The van der Waals surface area contributed by atoms with Gasteiger partial charge in [0.1, 0.15) is 11.3 Å². The first-order valence-electron chi connectivity index (χ1n) is 10.5. The van der Waals surface area contributed by atoms with Crippen LogP contribution in [0, 0.1) is 0 Å². The van der Waals surface area contributed by atoms with Crippen molar-refractivity contribution in [3.63, 3.8) is 0 Å². The normalized spacial score (nSPS) is 15.5. The first-order chi connectivity index (χ1) is 15.0. The molecule has 5 nitrogen and oxygen atoms in total. The van der Waals surface area contributed by atoms with Crippen LogP contribution in [-0.2, 0) is 4.79 Å². The summed E-state index contributed by atoms with van der Waals surface area (Å²) in [6, 6.07) is 12.1. The van der Waals surface area contributed by atoms with Gasteiger partial charge in [-0.3, -0.25) is 4.79 Å². The number of likely N-dealkylation sites (N-methyl/N-ethyl adjacent to an activating group) is 1. The number of carbonyl (C=O) groups is 1. The Balaban J connectivity index is 1.68. The quantitative estimate of drug-likeness (QED) is 0.454. The average Bonchev–Trinajstić information content (AvgIpc) is 3.21. The van der Waals surface area contributed by atoms with Crippen molar-refractivity contribution < 1.29 is 13.9 Å². The van der Waals surface area contributed by atoms with Gasteiger partial charge in [0.25, 0.3) is 0 Å². The number of nitrogens with zero attached hydrogens (tertiary/aromatic N) is 2. The molecule has 0 atom stereocenters. The maximum atomic E-state index is 12.9. The van der Waals surface area contributed by atoms with E-state index >= 15 is 0 Å². The minimum Gasteiger partial charge on any atom is -0.496 e. The van der Waals surface area contributed by atoms with E-state index in [2.05, 4.69) is 46.0 Å². The van der Waals surface area contributed by atoms with Crippen LogP contribution >= 0.6 is 15.9 Å². The minimum atomic E-state index is 0.0508. The maximum absolute atomic E-state index is 12.9. The van der Waals surface area contributed by atoms with Gasteiger partial charge in [0.05, 0.1) is 13.4 Å².